The van der Waals surface area contributed by atoms with Crippen LogP contribution in [0.25, 0.3) is 0 Å². The van der Waals surface area contributed by atoms with Crippen molar-refractivity contribution in [2.75, 3.05) is 76.5 Å². The number of anilines is 2. The number of nitrogens with one attached hydrogen (secondary N) is 1. The van der Waals surface area contributed by atoms with Crippen LogP contribution in [-0.2, 0) is 9.53 Å². The van der Waals surface area contributed by atoms with Crippen molar-refractivity contribution in [2.24, 2.45) is 0 Å². The number of carbonyl (C=O) groups is 1. The van der Waals surface area contributed by atoms with E-state index in [9.17, 15) is 4.79 Å². The Labute approximate surface area is 202 Å². The molecule has 1 aliphatic rings. The van der Waals surface area contributed by atoms with Crippen molar-refractivity contribution in [2.45, 2.75) is 20.8 Å². The van der Waals surface area contributed by atoms with Gasteiger partial charge in [0.1, 0.15) is 23.9 Å². The molecule has 1 aliphatic heterocycles. The van der Waals surface area contributed by atoms with E-state index in [1.54, 1.807) is 0 Å². The van der Waals surface area contributed by atoms with Crippen molar-refractivity contribution in [3.05, 3.63) is 42.0 Å². The van der Waals surface area contributed by atoms with Crippen LogP contribution in [0.2, 0.25) is 0 Å². The van der Waals surface area contributed by atoms with Gasteiger partial charge in [-0.15, -0.1) is 0 Å². The summed E-state index contributed by atoms with van der Waals surface area (Å²) < 4.78 is 23.1. The third kappa shape index (κ3) is 7.27. The van der Waals surface area contributed by atoms with E-state index >= 15 is 0 Å². The molecule has 0 aromatic heterocycles. The highest BCUT2D eigenvalue weighted by Crippen LogP contribution is 2.39. The summed E-state index contributed by atoms with van der Waals surface area (Å²) >= 11 is 0. The highest BCUT2D eigenvalue weighted by Gasteiger charge is 2.20. The van der Waals surface area contributed by atoms with E-state index < -0.39 is 0 Å². The molecule has 1 heterocycles. The molecular formula is C26H37N3O5. The molecule has 1 N–H and O–H groups in total. The van der Waals surface area contributed by atoms with Crippen LogP contribution in [0.3, 0.4) is 0 Å². The van der Waals surface area contributed by atoms with Gasteiger partial charge >= 0.3 is 0 Å². The average molecular weight is 472 g/mol. The van der Waals surface area contributed by atoms with Crippen LogP contribution in [0.15, 0.2) is 36.4 Å². The standard InChI is InChI=1S/C26H37N3O5/c1-5-32-24-18-22(29-12-14-31-15-13-29)25(33-6-2)17-21(24)27-26(30)19-28(4)11-16-34-23-10-8-7-9-20(23)3/h7-10,17-18H,5-6,11-16,19H2,1-4H3,(H,27,30). The van der Waals surface area contributed by atoms with Gasteiger partial charge in [-0.1, -0.05) is 18.2 Å². The van der Waals surface area contributed by atoms with Gasteiger partial charge in [0.05, 0.1) is 44.3 Å². The van der Waals surface area contributed by atoms with Crippen molar-refractivity contribution in [1.82, 2.24) is 4.90 Å². The Morgan fingerprint density at radius 1 is 1.03 bits per heavy atom. The Morgan fingerprint density at radius 3 is 2.44 bits per heavy atom. The summed E-state index contributed by atoms with van der Waals surface area (Å²) in [5.41, 5.74) is 2.66. The number of ether oxygens (including phenoxy) is 4. The van der Waals surface area contributed by atoms with Gasteiger partial charge in [0.15, 0.2) is 0 Å². The lowest BCUT2D eigenvalue weighted by molar-refractivity contribution is -0.117. The molecule has 1 fully saturated rings. The van der Waals surface area contributed by atoms with Crippen molar-refractivity contribution in [3.8, 4) is 17.2 Å². The molecule has 8 nitrogen and oxygen atoms in total. The van der Waals surface area contributed by atoms with Crippen LogP contribution in [0, 0.1) is 6.92 Å². The van der Waals surface area contributed by atoms with E-state index in [0.717, 1.165) is 35.8 Å². The lowest BCUT2D eigenvalue weighted by Crippen LogP contribution is -2.36. The maximum Gasteiger partial charge on any atom is 0.238 e. The molecule has 2 aromatic carbocycles. The van der Waals surface area contributed by atoms with Gasteiger partial charge in [-0.05, 0) is 39.4 Å². The van der Waals surface area contributed by atoms with Crippen LogP contribution in [0.1, 0.15) is 19.4 Å². The summed E-state index contributed by atoms with van der Waals surface area (Å²) in [6.45, 7) is 11.2. The Hall–Kier alpha value is -2.97. The molecule has 1 amide bonds. The fourth-order valence-corrected chi connectivity index (χ4v) is 3.79. The monoisotopic (exact) mass is 471 g/mol. The van der Waals surface area contributed by atoms with Gasteiger partial charge in [0, 0.05) is 31.8 Å². The van der Waals surface area contributed by atoms with Gasteiger partial charge in [0.25, 0.3) is 0 Å². The number of rotatable bonds is 12. The smallest absolute Gasteiger partial charge is 0.238 e. The van der Waals surface area contributed by atoms with Gasteiger partial charge in [-0.3, -0.25) is 9.69 Å². The highest BCUT2D eigenvalue weighted by molar-refractivity contribution is 5.94. The Bertz CT molecular complexity index is 931. The lowest BCUT2D eigenvalue weighted by atomic mass is 10.2. The first-order valence-electron chi connectivity index (χ1n) is 11.9. The molecule has 0 bridgehead atoms. The summed E-state index contributed by atoms with van der Waals surface area (Å²) in [5.74, 6) is 2.10. The highest BCUT2D eigenvalue weighted by atomic mass is 16.5. The van der Waals surface area contributed by atoms with Crippen LogP contribution >= 0.6 is 0 Å². The summed E-state index contributed by atoms with van der Waals surface area (Å²) in [5, 5.41) is 3.00. The van der Waals surface area contributed by atoms with Crippen LogP contribution in [0.5, 0.6) is 17.2 Å². The quantitative estimate of drug-likeness (QED) is 0.507. The van der Waals surface area contributed by atoms with Gasteiger partial charge in [-0.2, -0.15) is 0 Å². The van der Waals surface area contributed by atoms with E-state index in [2.05, 4.69) is 10.2 Å². The van der Waals surface area contributed by atoms with Gasteiger partial charge in [0.2, 0.25) is 5.91 Å². The second-order valence-electron chi connectivity index (χ2n) is 8.18. The molecule has 0 spiro atoms. The van der Waals surface area contributed by atoms with E-state index in [1.165, 1.54) is 0 Å². The topological polar surface area (TPSA) is 72.5 Å². The van der Waals surface area contributed by atoms with Crippen molar-refractivity contribution in [3.63, 3.8) is 0 Å². The molecule has 0 aliphatic carbocycles. The van der Waals surface area contributed by atoms with E-state index in [-0.39, 0.29) is 12.5 Å². The normalized spacial score (nSPS) is 13.6. The minimum atomic E-state index is -0.124. The van der Waals surface area contributed by atoms with Crippen molar-refractivity contribution in [1.29, 1.82) is 0 Å². The molecule has 0 saturated carbocycles. The van der Waals surface area contributed by atoms with E-state index in [0.29, 0.717) is 51.0 Å². The second-order valence-corrected chi connectivity index (χ2v) is 8.18. The summed E-state index contributed by atoms with van der Waals surface area (Å²) in [4.78, 5) is 17.0. The Kier molecular flexibility index (Phi) is 9.85. The maximum absolute atomic E-state index is 12.8. The summed E-state index contributed by atoms with van der Waals surface area (Å²) in [6, 6.07) is 11.7. The third-order valence-electron chi connectivity index (χ3n) is 5.52. The molecule has 186 valence electrons. The first-order chi connectivity index (χ1) is 16.5. The molecule has 2 aromatic rings. The Morgan fingerprint density at radius 2 is 1.74 bits per heavy atom. The number of amides is 1. The van der Waals surface area contributed by atoms with Crippen molar-refractivity contribution < 1.29 is 23.7 Å². The number of nitrogens with zero attached hydrogens (tertiary/aromatic N) is 2. The number of benzene rings is 2. The van der Waals surface area contributed by atoms with Crippen LogP contribution < -0.4 is 24.4 Å². The number of hydrogen-bond acceptors (Lipinski definition) is 7. The van der Waals surface area contributed by atoms with Crippen LogP contribution in [-0.4, -0.2) is 77.1 Å². The number of para-hydroxylation sites is 1. The fourth-order valence-electron chi connectivity index (χ4n) is 3.79. The average Bonchev–Trinajstić information content (AvgIpc) is 2.82. The number of morpholine rings is 1. The van der Waals surface area contributed by atoms with E-state index in [4.69, 9.17) is 18.9 Å². The minimum absolute atomic E-state index is 0.124. The number of hydrogen-bond donors (Lipinski definition) is 1. The fraction of sp³-hybridized carbons (Fsp3) is 0.500. The maximum atomic E-state index is 12.8. The SMILES string of the molecule is CCOc1cc(N2CCOCC2)c(OCC)cc1NC(=O)CN(C)CCOc1ccccc1C. The molecule has 3 rings (SSSR count). The largest absolute Gasteiger partial charge is 0.492 e. The number of carbonyl (C=O) groups excluding carboxylic acids is 1. The number of likely N-dealkylation sites (N-methyl/N-ethyl adjacent to an activating group) is 1. The molecule has 8 heteroatoms. The minimum Gasteiger partial charge on any atom is -0.492 e. The summed E-state index contributed by atoms with van der Waals surface area (Å²) in [6.07, 6.45) is 0. The van der Waals surface area contributed by atoms with E-state index in [1.807, 2.05) is 69.1 Å². The number of aryl methyl sites for hydroxylation is 1. The summed E-state index contributed by atoms with van der Waals surface area (Å²) in [7, 11) is 1.90. The van der Waals surface area contributed by atoms with Crippen molar-refractivity contribution >= 4 is 17.3 Å². The van der Waals surface area contributed by atoms with Crippen LogP contribution in [0.4, 0.5) is 11.4 Å². The zero-order valence-electron chi connectivity index (χ0n) is 20.8. The molecule has 0 unspecified atom stereocenters. The first kappa shape index (κ1) is 25.6. The zero-order chi connectivity index (χ0) is 24.3. The predicted molar refractivity (Wildman–Crippen MR) is 135 cm³/mol. The van der Waals surface area contributed by atoms with Gasteiger partial charge < -0.3 is 29.2 Å². The van der Waals surface area contributed by atoms with Gasteiger partial charge in [-0.25, -0.2) is 0 Å². The molecule has 1 saturated heterocycles. The predicted octanol–water partition coefficient (Wildman–Crippen LogP) is 3.58. The zero-order valence-corrected chi connectivity index (χ0v) is 20.8. The second kappa shape index (κ2) is 13.1. The first-order valence-corrected chi connectivity index (χ1v) is 11.9. The molecule has 0 atom stereocenters. The Balaban J connectivity index is 1.63. The molecular weight excluding hydrogens is 434 g/mol. The lowest BCUT2D eigenvalue weighted by Gasteiger charge is -2.31. The third-order valence-corrected chi connectivity index (χ3v) is 5.52. The molecule has 34 heavy (non-hydrogen) atoms. The molecule has 0 radical (unpaired) electrons.